The third kappa shape index (κ3) is 3.39. The molecule has 0 radical (unpaired) electrons. The van der Waals surface area contributed by atoms with Crippen LogP contribution in [0.2, 0.25) is 0 Å². The van der Waals surface area contributed by atoms with Gasteiger partial charge in [0, 0.05) is 24.0 Å². The van der Waals surface area contributed by atoms with Crippen LogP contribution in [0.25, 0.3) is 11.4 Å². The van der Waals surface area contributed by atoms with Gasteiger partial charge < -0.3 is 14.4 Å². The molecule has 88 valence electrons. The van der Waals surface area contributed by atoms with E-state index in [0.29, 0.717) is 11.4 Å². The van der Waals surface area contributed by atoms with Crippen LogP contribution in [0.4, 0.5) is 0 Å². The second kappa shape index (κ2) is 4.67. The Bertz CT molecular complexity index is 540. The average Bonchev–Trinajstić information content (AvgIpc) is 2.29. The normalized spacial score (nSPS) is 14.2. The first kappa shape index (κ1) is 11.8. The highest BCUT2D eigenvalue weighted by atomic mass is 31.2. The fourth-order valence-electron chi connectivity index (χ4n) is 1.23. The quantitative estimate of drug-likeness (QED) is 0.574. The van der Waals surface area contributed by atoms with E-state index in [0.717, 1.165) is 4.68 Å². The van der Waals surface area contributed by atoms with Crippen molar-refractivity contribution in [1.82, 2.24) is 15.1 Å². The van der Waals surface area contributed by atoms with Gasteiger partial charge in [-0.05, 0) is 11.2 Å². The molecular formula is C9H9N4O3P. The Morgan fingerprint density at radius 3 is 2.65 bits per heavy atom. The van der Waals surface area contributed by atoms with Crippen molar-refractivity contribution >= 4 is 7.60 Å². The monoisotopic (exact) mass is 252 g/mol. The summed E-state index contributed by atoms with van der Waals surface area (Å²) in [6.07, 6.45) is 5.52. The lowest BCUT2D eigenvalue weighted by atomic mass is 10.3. The van der Waals surface area contributed by atoms with E-state index in [4.69, 9.17) is 4.89 Å². The lowest BCUT2D eigenvalue weighted by Crippen LogP contribution is -2.38. The van der Waals surface area contributed by atoms with Crippen molar-refractivity contribution in [3.8, 4) is 11.4 Å². The number of hydrogen-bond acceptors (Lipinski definition) is 5. The minimum atomic E-state index is -4.36. The third-order valence-electron chi connectivity index (χ3n) is 1.92. The van der Waals surface area contributed by atoms with Gasteiger partial charge >= 0.3 is 0 Å². The Labute approximate surface area is 97.0 Å². The third-order valence-corrected chi connectivity index (χ3v) is 2.57. The number of rotatable bonds is 3. The Morgan fingerprint density at radius 2 is 2.12 bits per heavy atom. The summed E-state index contributed by atoms with van der Waals surface area (Å²) in [7, 11) is -4.36. The van der Waals surface area contributed by atoms with Gasteiger partial charge in [0.15, 0.2) is 12.0 Å². The van der Waals surface area contributed by atoms with Gasteiger partial charge in [-0.15, -0.1) is 0 Å². The minimum absolute atomic E-state index is 0.501. The van der Waals surface area contributed by atoms with E-state index in [9.17, 15) is 9.46 Å². The first-order chi connectivity index (χ1) is 8.04. The molecule has 0 amide bonds. The van der Waals surface area contributed by atoms with Gasteiger partial charge in [-0.25, -0.2) is 9.97 Å². The highest BCUT2D eigenvalue weighted by molar-refractivity contribution is 7.48. The Hall–Kier alpha value is -1.69. The van der Waals surface area contributed by atoms with Gasteiger partial charge in [-0.1, -0.05) is 4.68 Å². The fourth-order valence-corrected chi connectivity index (χ4v) is 1.76. The smallest absolute Gasteiger partial charge is 0.235 e. The summed E-state index contributed by atoms with van der Waals surface area (Å²) in [5, 5.41) is 3.84. The van der Waals surface area contributed by atoms with Crippen LogP contribution in [0.3, 0.4) is 0 Å². The van der Waals surface area contributed by atoms with Crippen molar-refractivity contribution in [2.45, 2.75) is 6.29 Å². The summed E-state index contributed by atoms with van der Waals surface area (Å²) in [5.41, 5.74) is 0.667. The van der Waals surface area contributed by atoms with Crippen molar-refractivity contribution < 1.29 is 19.0 Å². The van der Waals surface area contributed by atoms with Crippen molar-refractivity contribution in [3.63, 3.8) is 0 Å². The molecule has 2 aromatic heterocycles. The predicted octanol–water partition coefficient (Wildman–Crippen LogP) is -0.671. The molecule has 0 saturated carbocycles. The van der Waals surface area contributed by atoms with E-state index in [1.165, 1.54) is 12.4 Å². The molecule has 8 heteroatoms. The lowest BCUT2D eigenvalue weighted by molar-refractivity contribution is -0.740. The van der Waals surface area contributed by atoms with Crippen molar-refractivity contribution in [3.05, 3.63) is 36.9 Å². The first-order valence-corrected chi connectivity index (χ1v) is 6.47. The van der Waals surface area contributed by atoms with Gasteiger partial charge in [-0.3, -0.25) is 0 Å². The van der Waals surface area contributed by atoms with Crippen LogP contribution >= 0.6 is 7.60 Å². The molecule has 1 N–H and O–H groups in total. The zero-order valence-electron chi connectivity index (χ0n) is 8.67. The molecule has 0 aliphatic carbocycles. The lowest BCUT2D eigenvalue weighted by Gasteiger charge is -2.09. The highest BCUT2D eigenvalue weighted by Crippen LogP contribution is 2.27. The zero-order valence-corrected chi connectivity index (χ0v) is 9.57. The van der Waals surface area contributed by atoms with Crippen LogP contribution < -0.4 is 9.58 Å². The summed E-state index contributed by atoms with van der Waals surface area (Å²) >= 11 is 0. The molecule has 7 nitrogen and oxygen atoms in total. The van der Waals surface area contributed by atoms with Crippen LogP contribution in [-0.4, -0.2) is 20.0 Å². The second-order valence-corrected chi connectivity index (χ2v) is 4.86. The topological polar surface area (TPSA) is 103 Å². The Balaban J connectivity index is 2.22. The van der Waals surface area contributed by atoms with Crippen molar-refractivity contribution in [2.24, 2.45) is 0 Å². The van der Waals surface area contributed by atoms with Crippen LogP contribution in [0, 0.1) is 0 Å². The molecule has 2 rings (SSSR count). The molecule has 1 atom stereocenters. The van der Waals surface area contributed by atoms with Crippen molar-refractivity contribution in [1.29, 1.82) is 0 Å². The molecule has 0 aromatic carbocycles. The summed E-state index contributed by atoms with van der Waals surface area (Å²) in [5.74, 6) is 0.501. The van der Waals surface area contributed by atoms with Crippen LogP contribution in [0.1, 0.15) is 0 Å². The predicted molar refractivity (Wildman–Crippen MR) is 55.3 cm³/mol. The standard InChI is InChI=1S/C9H9N4O3P/c14-17(15,16)7-13-5-2-8(6-12-13)9-10-3-1-4-11-9/h1-6H,7H2,(H-,14,15,16). The maximum atomic E-state index is 10.7. The van der Waals surface area contributed by atoms with Crippen LogP contribution in [0.15, 0.2) is 36.9 Å². The number of aromatic nitrogens is 4. The average molecular weight is 252 g/mol. The number of hydrogen-bond donors (Lipinski definition) is 1. The molecule has 17 heavy (non-hydrogen) atoms. The molecule has 2 aromatic rings. The Morgan fingerprint density at radius 1 is 1.41 bits per heavy atom. The summed E-state index contributed by atoms with van der Waals surface area (Å²) in [6, 6.07) is 3.32. The maximum absolute atomic E-state index is 10.7. The fraction of sp³-hybridized carbons (Fsp3) is 0.111. The van der Waals surface area contributed by atoms with E-state index in [1.807, 2.05) is 0 Å². The molecule has 0 bridgehead atoms. The first-order valence-electron chi connectivity index (χ1n) is 4.70. The molecule has 0 aliphatic rings. The SMILES string of the molecule is O=P([O-])(O)C[n+]1ccc(-c2ncccn2)cn1. The van der Waals surface area contributed by atoms with E-state index in [1.54, 1.807) is 24.5 Å². The van der Waals surface area contributed by atoms with Gasteiger partial charge in [-0.2, -0.15) is 0 Å². The van der Waals surface area contributed by atoms with Gasteiger partial charge in [0.1, 0.15) is 6.20 Å². The molecule has 2 heterocycles. The van der Waals surface area contributed by atoms with E-state index in [2.05, 4.69) is 15.1 Å². The largest absolute Gasteiger partial charge is 0.774 e. The molecule has 0 fully saturated rings. The Kier molecular flexibility index (Phi) is 3.23. The number of nitrogens with zero attached hydrogens (tertiary/aromatic N) is 4. The maximum Gasteiger partial charge on any atom is 0.235 e. The van der Waals surface area contributed by atoms with Crippen LogP contribution in [-0.2, 0) is 10.9 Å². The molecule has 0 aliphatic heterocycles. The second-order valence-electron chi connectivity index (χ2n) is 3.31. The van der Waals surface area contributed by atoms with E-state index >= 15 is 0 Å². The molecule has 1 unspecified atom stereocenters. The summed E-state index contributed by atoms with van der Waals surface area (Å²) < 4.78 is 11.8. The molecular weight excluding hydrogens is 243 g/mol. The summed E-state index contributed by atoms with van der Waals surface area (Å²) in [4.78, 5) is 27.4. The van der Waals surface area contributed by atoms with E-state index < -0.39 is 13.9 Å². The van der Waals surface area contributed by atoms with Gasteiger partial charge in [0.25, 0.3) is 0 Å². The highest BCUT2D eigenvalue weighted by Gasteiger charge is 2.12. The van der Waals surface area contributed by atoms with E-state index in [-0.39, 0.29) is 0 Å². The zero-order chi connectivity index (χ0) is 12.3. The minimum Gasteiger partial charge on any atom is -0.774 e. The molecule has 0 spiro atoms. The summed E-state index contributed by atoms with van der Waals surface area (Å²) in [6.45, 7) is 0. The van der Waals surface area contributed by atoms with Crippen molar-refractivity contribution in [2.75, 3.05) is 0 Å². The molecule has 0 saturated heterocycles. The van der Waals surface area contributed by atoms with Gasteiger partial charge in [0.05, 0.1) is 0 Å². The van der Waals surface area contributed by atoms with Gasteiger partial charge in [0.2, 0.25) is 13.9 Å². The van der Waals surface area contributed by atoms with Crippen LogP contribution in [0.5, 0.6) is 0 Å².